The van der Waals surface area contributed by atoms with E-state index < -0.39 is 4.92 Å². The van der Waals surface area contributed by atoms with Crippen molar-refractivity contribution in [2.75, 3.05) is 0 Å². The molecule has 1 aromatic carbocycles. The number of hydrogen-bond acceptors (Lipinski definition) is 3. The number of nitrogens with one attached hydrogen (secondary N) is 1. The van der Waals surface area contributed by atoms with Crippen LogP contribution >= 0.6 is 12.2 Å². The Hall–Kier alpha value is -1.75. The molecule has 2 rings (SSSR count). The lowest BCUT2D eigenvalue weighted by molar-refractivity contribution is -0.383. The summed E-state index contributed by atoms with van der Waals surface area (Å²) in [5, 5.41) is 11.3. The fourth-order valence-corrected chi connectivity index (χ4v) is 1.84. The van der Waals surface area contributed by atoms with Crippen LogP contribution in [0.3, 0.4) is 0 Å². The molecule has 5 heteroatoms. The van der Waals surface area contributed by atoms with Crippen LogP contribution in [0.4, 0.5) is 5.69 Å². The highest BCUT2D eigenvalue weighted by Gasteiger charge is 2.13. The highest BCUT2D eigenvalue weighted by atomic mass is 32.1. The van der Waals surface area contributed by atoms with Crippen molar-refractivity contribution in [1.29, 1.82) is 0 Å². The molecule has 0 spiro atoms. The van der Waals surface area contributed by atoms with Crippen molar-refractivity contribution in [3.8, 4) is 0 Å². The van der Waals surface area contributed by atoms with Gasteiger partial charge < -0.3 is 4.98 Å². The molecule has 0 saturated carbocycles. The average molecular weight is 220 g/mol. The van der Waals surface area contributed by atoms with Gasteiger partial charge in [0.05, 0.1) is 20.3 Å². The number of aryl methyl sites for hydroxylation is 1. The molecule has 0 saturated heterocycles. The number of nitro groups is 1. The van der Waals surface area contributed by atoms with Crippen molar-refractivity contribution >= 4 is 28.8 Å². The van der Waals surface area contributed by atoms with E-state index in [2.05, 4.69) is 4.98 Å². The Morgan fingerprint density at radius 1 is 1.40 bits per heavy atom. The van der Waals surface area contributed by atoms with Crippen molar-refractivity contribution in [1.82, 2.24) is 4.98 Å². The summed E-state index contributed by atoms with van der Waals surface area (Å²) >= 11 is 5.10. The van der Waals surface area contributed by atoms with Gasteiger partial charge in [0, 0.05) is 12.3 Å². The second kappa shape index (κ2) is 3.43. The number of rotatable bonds is 1. The van der Waals surface area contributed by atoms with Crippen LogP contribution in [0.5, 0.6) is 0 Å². The summed E-state index contributed by atoms with van der Waals surface area (Å²) in [6, 6.07) is 4.86. The van der Waals surface area contributed by atoms with Crippen LogP contribution in [0.15, 0.2) is 24.4 Å². The minimum atomic E-state index is -0.411. The van der Waals surface area contributed by atoms with E-state index in [9.17, 15) is 10.1 Å². The van der Waals surface area contributed by atoms with Crippen LogP contribution in [0.2, 0.25) is 0 Å². The molecule has 0 bridgehead atoms. The highest BCUT2D eigenvalue weighted by Crippen LogP contribution is 2.27. The van der Waals surface area contributed by atoms with E-state index in [-0.39, 0.29) is 5.69 Å². The van der Waals surface area contributed by atoms with Gasteiger partial charge in [-0.05, 0) is 18.6 Å². The van der Waals surface area contributed by atoms with Crippen molar-refractivity contribution in [2.45, 2.75) is 6.92 Å². The fraction of sp³-hybridized carbons (Fsp3) is 0.100. The van der Waals surface area contributed by atoms with E-state index in [0.717, 1.165) is 11.1 Å². The molecule has 4 nitrogen and oxygen atoms in total. The molecular formula is C10H8N2O2S. The standard InChI is InChI=1S/C10H8N2O2S/c1-6-2-3-7(12(13)14)9-8(15)4-5-11-10(6)9/h2-5H,1H3,(H,11,15). The van der Waals surface area contributed by atoms with E-state index >= 15 is 0 Å². The van der Waals surface area contributed by atoms with Crippen LogP contribution in [0.1, 0.15) is 5.56 Å². The Balaban J connectivity index is 3.03. The zero-order chi connectivity index (χ0) is 11.0. The summed E-state index contributed by atoms with van der Waals surface area (Å²) in [5.41, 5.74) is 1.73. The molecule has 0 aliphatic heterocycles. The maximum Gasteiger partial charge on any atom is 0.280 e. The Morgan fingerprint density at radius 2 is 2.13 bits per heavy atom. The molecule has 2 aromatic rings. The number of pyridine rings is 1. The molecule has 0 amide bonds. The first-order valence-electron chi connectivity index (χ1n) is 4.36. The minimum Gasteiger partial charge on any atom is -0.361 e. The summed E-state index contributed by atoms with van der Waals surface area (Å²) in [6.07, 6.45) is 1.70. The molecule has 0 atom stereocenters. The van der Waals surface area contributed by atoms with Gasteiger partial charge in [-0.15, -0.1) is 0 Å². The van der Waals surface area contributed by atoms with Gasteiger partial charge in [-0.2, -0.15) is 0 Å². The number of non-ortho nitro benzene ring substituents is 1. The van der Waals surface area contributed by atoms with E-state index in [1.165, 1.54) is 6.07 Å². The summed E-state index contributed by atoms with van der Waals surface area (Å²) in [4.78, 5) is 13.4. The lowest BCUT2D eigenvalue weighted by Gasteiger charge is -2.02. The molecule has 15 heavy (non-hydrogen) atoms. The molecule has 0 aliphatic rings. The van der Waals surface area contributed by atoms with E-state index in [0.29, 0.717) is 9.90 Å². The van der Waals surface area contributed by atoms with E-state index in [1.54, 1.807) is 18.3 Å². The van der Waals surface area contributed by atoms with Gasteiger partial charge in [-0.3, -0.25) is 10.1 Å². The van der Waals surface area contributed by atoms with Gasteiger partial charge in [0.15, 0.2) is 0 Å². The molecular weight excluding hydrogens is 212 g/mol. The molecule has 1 heterocycles. The third-order valence-electron chi connectivity index (χ3n) is 2.30. The first kappa shape index (κ1) is 9.79. The molecule has 0 unspecified atom stereocenters. The maximum atomic E-state index is 10.8. The van der Waals surface area contributed by atoms with Crippen LogP contribution in [0, 0.1) is 21.5 Å². The number of benzene rings is 1. The average Bonchev–Trinajstić information content (AvgIpc) is 2.19. The summed E-state index contributed by atoms with van der Waals surface area (Å²) in [5.74, 6) is 0. The van der Waals surface area contributed by atoms with Crippen molar-refractivity contribution in [3.05, 3.63) is 44.6 Å². The van der Waals surface area contributed by atoms with Gasteiger partial charge in [0.1, 0.15) is 0 Å². The zero-order valence-corrected chi connectivity index (χ0v) is 8.80. The lowest BCUT2D eigenvalue weighted by atomic mass is 10.1. The van der Waals surface area contributed by atoms with Gasteiger partial charge in [0.25, 0.3) is 5.69 Å². The zero-order valence-electron chi connectivity index (χ0n) is 7.98. The highest BCUT2D eigenvalue weighted by molar-refractivity contribution is 7.71. The third kappa shape index (κ3) is 1.50. The van der Waals surface area contributed by atoms with E-state index in [1.807, 2.05) is 6.92 Å². The van der Waals surface area contributed by atoms with Crippen LogP contribution in [-0.2, 0) is 0 Å². The first-order chi connectivity index (χ1) is 7.11. The second-order valence-electron chi connectivity index (χ2n) is 3.25. The number of nitro benzene ring substituents is 1. The predicted molar refractivity (Wildman–Crippen MR) is 60.5 cm³/mol. The fourth-order valence-electron chi connectivity index (χ4n) is 1.57. The second-order valence-corrected chi connectivity index (χ2v) is 3.69. The van der Waals surface area contributed by atoms with Crippen LogP contribution in [-0.4, -0.2) is 9.91 Å². The number of aromatic nitrogens is 1. The topological polar surface area (TPSA) is 58.9 Å². The number of fused-ring (bicyclic) bond motifs is 1. The van der Waals surface area contributed by atoms with Gasteiger partial charge in [-0.1, -0.05) is 18.3 Å². The van der Waals surface area contributed by atoms with E-state index in [4.69, 9.17) is 12.2 Å². The molecule has 1 aromatic heterocycles. The summed E-state index contributed by atoms with van der Waals surface area (Å²) in [7, 11) is 0. The normalized spacial score (nSPS) is 10.5. The van der Waals surface area contributed by atoms with Gasteiger partial charge in [-0.25, -0.2) is 0 Å². The smallest absolute Gasteiger partial charge is 0.280 e. The minimum absolute atomic E-state index is 0.0532. The summed E-state index contributed by atoms with van der Waals surface area (Å²) < 4.78 is 0.499. The molecule has 0 aliphatic carbocycles. The van der Waals surface area contributed by atoms with Crippen molar-refractivity contribution < 1.29 is 4.92 Å². The first-order valence-corrected chi connectivity index (χ1v) is 4.77. The van der Waals surface area contributed by atoms with Gasteiger partial charge in [0.2, 0.25) is 0 Å². The molecule has 0 fully saturated rings. The number of H-pyrrole nitrogens is 1. The third-order valence-corrected chi connectivity index (χ3v) is 2.64. The lowest BCUT2D eigenvalue weighted by Crippen LogP contribution is -1.92. The Bertz CT molecular complexity index is 604. The molecule has 0 radical (unpaired) electrons. The van der Waals surface area contributed by atoms with Crippen molar-refractivity contribution in [2.24, 2.45) is 0 Å². The number of hydrogen-bond donors (Lipinski definition) is 1. The largest absolute Gasteiger partial charge is 0.361 e. The summed E-state index contributed by atoms with van der Waals surface area (Å²) in [6.45, 7) is 1.89. The number of aromatic amines is 1. The van der Waals surface area contributed by atoms with Crippen molar-refractivity contribution in [3.63, 3.8) is 0 Å². The van der Waals surface area contributed by atoms with Crippen LogP contribution < -0.4 is 0 Å². The molecule has 76 valence electrons. The van der Waals surface area contributed by atoms with Gasteiger partial charge >= 0.3 is 0 Å². The SMILES string of the molecule is Cc1ccc([N+](=O)[O-])c2c(=S)cc[nH]c12. The maximum absolute atomic E-state index is 10.8. The Labute approximate surface area is 90.7 Å². The quantitative estimate of drug-likeness (QED) is 0.456. The Morgan fingerprint density at radius 3 is 2.80 bits per heavy atom. The number of nitrogens with zero attached hydrogens (tertiary/aromatic N) is 1. The Kier molecular flexibility index (Phi) is 2.24. The molecule has 1 N–H and O–H groups in total. The van der Waals surface area contributed by atoms with Crippen LogP contribution in [0.25, 0.3) is 10.9 Å². The predicted octanol–water partition coefficient (Wildman–Crippen LogP) is 3.11. The monoisotopic (exact) mass is 220 g/mol.